The smallest absolute Gasteiger partial charge is 0.463 e. The molecule has 18 heteroatoms. The minimum Gasteiger partial charge on any atom is -0.463 e. The third-order valence-corrected chi connectivity index (χ3v) is 18.1. The van der Waals surface area contributed by atoms with Crippen LogP contribution in [-0.4, -0.2) is 95.9 Å². The van der Waals surface area contributed by atoms with E-state index in [4.69, 9.17) is 32.3 Å². The number of aliphatic hydroxyl groups is 2. The van der Waals surface area contributed by atoms with Gasteiger partial charge in [-0.25, -0.2) is 9.13 Å². The molecule has 16 nitrogen and oxygen atoms in total. The average molecular weight is 1480 g/mol. The van der Waals surface area contributed by atoms with Gasteiger partial charge in [-0.2, -0.15) is 0 Å². The van der Waals surface area contributed by atoms with Gasteiger partial charge in [0.2, 0.25) is 0 Å². The number of phosphoric ester groups is 2. The summed E-state index contributed by atoms with van der Waals surface area (Å²) >= 11 is 0. The van der Waals surface area contributed by atoms with E-state index in [9.17, 15) is 43.5 Å². The van der Waals surface area contributed by atoms with Gasteiger partial charge in [0.15, 0.2) is 6.10 Å². The number of hydrogen-bond donors (Lipinski definition) is 4. The summed E-state index contributed by atoms with van der Waals surface area (Å²) in [7, 11) is -9.81. The van der Waals surface area contributed by atoms with E-state index in [1.165, 1.54) is 70.6 Å². The molecule has 0 fully saturated rings. The van der Waals surface area contributed by atoms with E-state index < -0.39 is 91.5 Å². The Kier molecular flexibility index (Phi) is 73.2. The highest BCUT2D eigenvalue weighted by Crippen LogP contribution is 2.45. The predicted molar refractivity (Wildman–Crippen MR) is 426 cm³/mol. The first-order valence-electron chi connectivity index (χ1n) is 39.8. The Morgan fingerprint density at radius 3 is 0.816 bits per heavy atom. The quantitative estimate of drug-likeness (QED) is 0.0146. The molecule has 0 saturated carbocycles. The van der Waals surface area contributed by atoms with Crippen LogP contribution in [0.15, 0.2) is 158 Å². The molecule has 4 N–H and O–H groups in total. The van der Waals surface area contributed by atoms with Crippen molar-refractivity contribution in [2.24, 2.45) is 0 Å². The van der Waals surface area contributed by atoms with Gasteiger partial charge in [0.1, 0.15) is 25.4 Å². The highest BCUT2D eigenvalue weighted by atomic mass is 31.2. The van der Waals surface area contributed by atoms with Gasteiger partial charge < -0.3 is 34.2 Å². The fourth-order valence-electron chi connectivity index (χ4n) is 10.2. The summed E-state index contributed by atoms with van der Waals surface area (Å²) in [5.74, 6) is -1.61. The predicted octanol–water partition coefficient (Wildman–Crippen LogP) is 23.4. The van der Waals surface area contributed by atoms with E-state index in [1.54, 1.807) is 0 Å². The molecule has 0 aliphatic rings. The molecule has 588 valence electrons. The van der Waals surface area contributed by atoms with Crippen molar-refractivity contribution in [1.29, 1.82) is 0 Å². The first kappa shape index (κ1) is 98.2. The normalized spacial score (nSPS) is 14.8. The molecule has 0 rings (SSSR count). The number of carbonyl (C=O) groups is 3. The molecule has 5 unspecified atom stereocenters. The van der Waals surface area contributed by atoms with Crippen LogP contribution in [0.5, 0.6) is 0 Å². The number of allylic oxidation sites excluding steroid dienone is 26. The number of aliphatic hydroxyl groups excluding tert-OH is 2. The van der Waals surface area contributed by atoms with Crippen LogP contribution in [0.4, 0.5) is 0 Å². The van der Waals surface area contributed by atoms with Crippen molar-refractivity contribution in [3.63, 3.8) is 0 Å². The fourth-order valence-corrected chi connectivity index (χ4v) is 11.8. The first-order valence-corrected chi connectivity index (χ1v) is 42.8. The van der Waals surface area contributed by atoms with Crippen LogP contribution in [0.2, 0.25) is 0 Å². The van der Waals surface area contributed by atoms with Gasteiger partial charge >= 0.3 is 33.6 Å². The molecule has 0 bridgehead atoms. The van der Waals surface area contributed by atoms with Gasteiger partial charge in [-0.3, -0.25) is 32.5 Å². The Bertz CT molecular complexity index is 2500. The van der Waals surface area contributed by atoms with E-state index in [2.05, 4.69) is 179 Å². The number of rotatable bonds is 74. The lowest BCUT2D eigenvalue weighted by atomic mass is 10.1. The molecule has 103 heavy (non-hydrogen) atoms. The lowest BCUT2D eigenvalue weighted by Gasteiger charge is -2.21. The molecule has 0 saturated heterocycles. The molecule has 0 heterocycles. The number of unbranched alkanes of at least 4 members (excludes halogenated alkanes) is 25. The Morgan fingerprint density at radius 1 is 0.282 bits per heavy atom. The maximum atomic E-state index is 13.0. The van der Waals surface area contributed by atoms with Crippen LogP contribution in [0.1, 0.15) is 303 Å². The van der Waals surface area contributed by atoms with E-state index in [0.29, 0.717) is 19.3 Å². The molecule has 0 aromatic carbocycles. The highest BCUT2D eigenvalue weighted by Gasteiger charge is 2.29. The molecule has 0 radical (unpaired) electrons. The minimum absolute atomic E-state index is 0.0793. The van der Waals surface area contributed by atoms with Crippen LogP contribution in [-0.2, 0) is 55.8 Å². The lowest BCUT2D eigenvalue weighted by molar-refractivity contribution is -0.161. The Labute approximate surface area is 625 Å². The SMILES string of the molecule is CC/C=C\C/C=C\C/C=C\C/C=C\C/C=C\C/C=C\CCCCCCCCCCC(=O)OCC(O)COP(=O)(O)OCC(O)COP(=O)(O)OCC(COC(=O)CCCCCCCCCCC/C=C\C/C=C\C/C=C\C/C=C\CCCCC)OC(=O)CCCCCCC/C=C\C/C=C\C/C=C\CC. The van der Waals surface area contributed by atoms with Gasteiger partial charge in [0.05, 0.1) is 26.4 Å². The van der Waals surface area contributed by atoms with Crippen molar-refractivity contribution in [2.45, 2.75) is 322 Å². The van der Waals surface area contributed by atoms with E-state index in [-0.39, 0.29) is 19.3 Å². The lowest BCUT2D eigenvalue weighted by Crippen LogP contribution is -2.30. The van der Waals surface area contributed by atoms with Crippen molar-refractivity contribution in [3.05, 3.63) is 158 Å². The van der Waals surface area contributed by atoms with Crippen LogP contribution in [0.25, 0.3) is 0 Å². The van der Waals surface area contributed by atoms with Crippen LogP contribution in [0, 0.1) is 0 Å². The number of carbonyl (C=O) groups excluding carboxylic acids is 3. The second kappa shape index (κ2) is 76.8. The number of phosphoric acid groups is 2. The molecule has 0 spiro atoms. The summed E-state index contributed by atoms with van der Waals surface area (Å²) in [5.41, 5.74) is 0. The van der Waals surface area contributed by atoms with Crippen molar-refractivity contribution < 1.29 is 75.8 Å². The Morgan fingerprint density at radius 2 is 0.515 bits per heavy atom. The zero-order valence-electron chi connectivity index (χ0n) is 64.2. The summed E-state index contributed by atoms with van der Waals surface area (Å²) in [6, 6.07) is 0. The Balaban J connectivity index is 4.61. The summed E-state index contributed by atoms with van der Waals surface area (Å²) in [5, 5.41) is 20.6. The molecule has 0 aliphatic heterocycles. The van der Waals surface area contributed by atoms with Crippen molar-refractivity contribution >= 4 is 33.6 Å². The van der Waals surface area contributed by atoms with E-state index in [1.807, 2.05) is 0 Å². The zero-order valence-corrected chi connectivity index (χ0v) is 66.0. The van der Waals surface area contributed by atoms with Crippen LogP contribution >= 0.6 is 15.6 Å². The molecular formula is C85H142O16P2. The maximum Gasteiger partial charge on any atom is 0.472 e. The van der Waals surface area contributed by atoms with Gasteiger partial charge in [-0.1, -0.05) is 294 Å². The first-order chi connectivity index (χ1) is 50.2. The van der Waals surface area contributed by atoms with E-state index in [0.717, 1.165) is 173 Å². The molecule has 0 aromatic rings. The summed E-state index contributed by atoms with van der Waals surface area (Å²) in [6.07, 6.45) is 95.7. The number of hydrogen-bond acceptors (Lipinski definition) is 14. The standard InChI is InChI=1S/C85H142O16P2/c1-4-7-10-13-16-19-22-25-28-30-32-34-36-38-39-41-43-44-46-48-51-53-56-59-62-65-68-71-83(88)95-74-80(86)75-97-102(91,92)98-76-81(87)77-99-103(93,94)100-79-82(101-85(90)73-70-67-64-61-58-55-50-27-24-21-18-15-12-9-6-3)78-96-84(89)72-69-66-63-60-57-54-52-49-47-45-42-40-37-35-33-31-29-26-23-20-17-14-11-8-5-2/h7,9-10,12,16-21,25-29,32-35,38-40,42-44,50,80-82,86-87H,4-6,8,11,13-15,22-24,30-31,36-37,41,45-49,51-79H2,1-3H3,(H,91,92)(H,93,94)/b10-7-,12-9-,19-16-,20-17-,21-18-,28-25-,29-26-,34-32-,35-33-,39-38-,42-40-,44-43-,50-27-. The summed E-state index contributed by atoms with van der Waals surface area (Å²) in [6.45, 7) is 2.39. The summed E-state index contributed by atoms with van der Waals surface area (Å²) in [4.78, 5) is 58.7. The van der Waals surface area contributed by atoms with Gasteiger partial charge in [0.25, 0.3) is 0 Å². The number of esters is 3. The average Bonchev–Trinajstić information content (AvgIpc) is 0.922. The largest absolute Gasteiger partial charge is 0.472 e. The Hall–Kier alpha value is -4.83. The molecule has 0 amide bonds. The molecule has 0 aliphatic carbocycles. The van der Waals surface area contributed by atoms with Crippen molar-refractivity contribution in [1.82, 2.24) is 0 Å². The third kappa shape index (κ3) is 78.1. The van der Waals surface area contributed by atoms with Gasteiger partial charge in [0, 0.05) is 19.3 Å². The van der Waals surface area contributed by atoms with Crippen LogP contribution < -0.4 is 0 Å². The topological polar surface area (TPSA) is 231 Å². The monoisotopic (exact) mass is 1480 g/mol. The highest BCUT2D eigenvalue weighted by molar-refractivity contribution is 7.47. The second-order valence-electron chi connectivity index (χ2n) is 26.1. The van der Waals surface area contributed by atoms with Crippen molar-refractivity contribution in [3.8, 4) is 0 Å². The number of ether oxygens (including phenoxy) is 3. The fraction of sp³-hybridized carbons (Fsp3) is 0.659. The van der Waals surface area contributed by atoms with Gasteiger partial charge in [-0.05, 0) is 148 Å². The van der Waals surface area contributed by atoms with Crippen molar-refractivity contribution in [2.75, 3.05) is 39.6 Å². The zero-order chi connectivity index (χ0) is 75.2. The van der Waals surface area contributed by atoms with Gasteiger partial charge in [-0.15, -0.1) is 0 Å². The summed E-state index contributed by atoms with van der Waals surface area (Å²) < 4.78 is 61.1. The van der Waals surface area contributed by atoms with E-state index >= 15 is 0 Å². The van der Waals surface area contributed by atoms with Crippen LogP contribution in [0.3, 0.4) is 0 Å². The maximum absolute atomic E-state index is 13.0. The molecule has 0 aromatic heterocycles. The molecule has 5 atom stereocenters. The second-order valence-corrected chi connectivity index (χ2v) is 29.0. The molecular weight excluding hydrogens is 1340 g/mol. The minimum atomic E-state index is -4.94. The third-order valence-electron chi connectivity index (χ3n) is 16.2.